The molecular formula is C27H32N2O6. The minimum absolute atomic E-state index is 0.0258. The molecule has 0 saturated carbocycles. The van der Waals surface area contributed by atoms with E-state index in [9.17, 15) is 14.4 Å². The molecule has 1 fully saturated rings. The molecule has 0 radical (unpaired) electrons. The van der Waals surface area contributed by atoms with Crippen LogP contribution in [0.5, 0.6) is 0 Å². The molecule has 8 nitrogen and oxygen atoms in total. The van der Waals surface area contributed by atoms with Gasteiger partial charge in [0.25, 0.3) is 0 Å². The summed E-state index contributed by atoms with van der Waals surface area (Å²) >= 11 is 0. The van der Waals surface area contributed by atoms with Gasteiger partial charge in [0.15, 0.2) is 0 Å². The van der Waals surface area contributed by atoms with E-state index in [1.54, 1.807) is 0 Å². The maximum atomic E-state index is 12.6. The highest BCUT2D eigenvalue weighted by Crippen LogP contribution is 2.44. The number of carboxylic acids is 1. The van der Waals surface area contributed by atoms with Crippen molar-refractivity contribution in [1.29, 1.82) is 0 Å². The van der Waals surface area contributed by atoms with Crippen LogP contribution in [0.3, 0.4) is 0 Å². The molecule has 8 heteroatoms. The van der Waals surface area contributed by atoms with Crippen LogP contribution in [-0.2, 0) is 19.1 Å². The van der Waals surface area contributed by atoms with Crippen molar-refractivity contribution in [2.24, 2.45) is 5.92 Å². The van der Waals surface area contributed by atoms with Crippen LogP contribution in [0.2, 0.25) is 0 Å². The molecule has 35 heavy (non-hydrogen) atoms. The lowest BCUT2D eigenvalue weighted by molar-refractivity contribution is -0.141. The molecular weight excluding hydrogens is 448 g/mol. The number of fused-ring (bicyclic) bond motifs is 3. The second kappa shape index (κ2) is 11.4. The first-order valence-corrected chi connectivity index (χ1v) is 12.2. The molecule has 2 amide bonds. The molecule has 3 atom stereocenters. The Kier molecular flexibility index (Phi) is 8.02. The van der Waals surface area contributed by atoms with Crippen molar-refractivity contribution >= 4 is 18.0 Å². The Balaban J connectivity index is 1.27. The Morgan fingerprint density at radius 3 is 2.34 bits per heavy atom. The zero-order chi connectivity index (χ0) is 24.8. The van der Waals surface area contributed by atoms with Gasteiger partial charge in [0.05, 0.1) is 18.6 Å². The van der Waals surface area contributed by atoms with Gasteiger partial charge in [-0.15, -0.1) is 0 Å². The predicted octanol–water partition coefficient (Wildman–Crippen LogP) is 3.69. The van der Waals surface area contributed by atoms with Crippen molar-refractivity contribution in [1.82, 2.24) is 10.6 Å². The first-order valence-electron chi connectivity index (χ1n) is 12.2. The summed E-state index contributed by atoms with van der Waals surface area (Å²) in [5.74, 6) is -1.65. The van der Waals surface area contributed by atoms with Crippen LogP contribution >= 0.6 is 0 Å². The van der Waals surface area contributed by atoms with Gasteiger partial charge < -0.3 is 25.2 Å². The fourth-order valence-electron chi connectivity index (χ4n) is 4.92. The molecule has 186 valence electrons. The second-order valence-electron chi connectivity index (χ2n) is 9.19. The number of amides is 2. The molecule has 0 spiro atoms. The van der Waals surface area contributed by atoms with Crippen LogP contribution in [-0.4, -0.2) is 55.0 Å². The summed E-state index contributed by atoms with van der Waals surface area (Å²) in [5, 5.41) is 14.7. The Morgan fingerprint density at radius 1 is 1.09 bits per heavy atom. The zero-order valence-electron chi connectivity index (χ0n) is 19.9. The number of alkyl carbamates (subject to hydrolysis) is 1. The van der Waals surface area contributed by atoms with E-state index in [0.717, 1.165) is 17.5 Å². The van der Waals surface area contributed by atoms with Crippen LogP contribution < -0.4 is 10.6 Å². The van der Waals surface area contributed by atoms with Crippen molar-refractivity contribution in [2.45, 2.75) is 50.7 Å². The summed E-state index contributed by atoms with van der Waals surface area (Å²) in [7, 11) is 0. The molecule has 4 rings (SSSR count). The van der Waals surface area contributed by atoms with E-state index in [4.69, 9.17) is 14.6 Å². The summed E-state index contributed by atoms with van der Waals surface area (Å²) in [4.78, 5) is 36.1. The molecule has 1 heterocycles. The molecule has 3 N–H and O–H groups in total. The van der Waals surface area contributed by atoms with Crippen molar-refractivity contribution < 1.29 is 29.0 Å². The van der Waals surface area contributed by atoms with Crippen molar-refractivity contribution in [2.75, 3.05) is 19.8 Å². The average Bonchev–Trinajstić information content (AvgIpc) is 3.45. The highest BCUT2D eigenvalue weighted by Gasteiger charge is 2.31. The van der Waals surface area contributed by atoms with Crippen LogP contribution in [0.25, 0.3) is 11.1 Å². The predicted molar refractivity (Wildman–Crippen MR) is 130 cm³/mol. The number of aliphatic carboxylic acids is 1. The zero-order valence-corrected chi connectivity index (χ0v) is 19.9. The van der Waals surface area contributed by atoms with E-state index in [0.29, 0.717) is 12.8 Å². The molecule has 2 aromatic carbocycles. The Bertz CT molecular complexity index is 1030. The maximum absolute atomic E-state index is 12.6. The Morgan fingerprint density at radius 2 is 1.74 bits per heavy atom. The third-order valence-corrected chi connectivity index (χ3v) is 6.69. The summed E-state index contributed by atoms with van der Waals surface area (Å²) in [6.45, 7) is 2.63. The van der Waals surface area contributed by atoms with Crippen LogP contribution in [0.4, 0.5) is 4.79 Å². The summed E-state index contributed by atoms with van der Waals surface area (Å²) in [6, 6.07) is 16.0. The number of carbonyl (C=O) groups is 3. The number of rotatable bonds is 10. The van der Waals surface area contributed by atoms with Gasteiger partial charge in [-0.2, -0.15) is 0 Å². The van der Waals surface area contributed by atoms with Gasteiger partial charge in [0.2, 0.25) is 5.91 Å². The minimum Gasteiger partial charge on any atom is -0.481 e. The SMILES string of the molecule is CCC[C@@H](CC(=O)NCC1CC(C(=O)O)CO1)NC(=O)OCC1c2ccccc2-c2ccccc21. The van der Waals surface area contributed by atoms with E-state index in [2.05, 4.69) is 34.9 Å². The van der Waals surface area contributed by atoms with Gasteiger partial charge in [-0.05, 0) is 35.1 Å². The van der Waals surface area contributed by atoms with Gasteiger partial charge in [0.1, 0.15) is 6.61 Å². The monoisotopic (exact) mass is 480 g/mol. The minimum atomic E-state index is -0.880. The number of nitrogens with one attached hydrogen (secondary N) is 2. The number of carboxylic acid groups (broad SMARTS) is 1. The van der Waals surface area contributed by atoms with Crippen molar-refractivity contribution in [3.05, 3.63) is 59.7 Å². The molecule has 2 unspecified atom stereocenters. The number of ether oxygens (including phenoxy) is 2. The van der Waals surface area contributed by atoms with E-state index >= 15 is 0 Å². The second-order valence-corrected chi connectivity index (χ2v) is 9.19. The van der Waals surface area contributed by atoms with Crippen LogP contribution in [0.15, 0.2) is 48.5 Å². The molecule has 2 aliphatic rings. The summed E-state index contributed by atoms with van der Waals surface area (Å²) < 4.78 is 11.1. The summed E-state index contributed by atoms with van der Waals surface area (Å²) in [5.41, 5.74) is 4.62. The third kappa shape index (κ3) is 6.00. The van der Waals surface area contributed by atoms with E-state index in [1.165, 1.54) is 11.1 Å². The Labute approximate surface area is 205 Å². The molecule has 1 saturated heterocycles. The number of hydrogen-bond acceptors (Lipinski definition) is 5. The van der Waals surface area contributed by atoms with Crippen LogP contribution in [0.1, 0.15) is 49.7 Å². The maximum Gasteiger partial charge on any atom is 0.407 e. The van der Waals surface area contributed by atoms with E-state index in [1.807, 2.05) is 31.2 Å². The van der Waals surface area contributed by atoms with Gasteiger partial charge in [-0.3, -0.25) is 9.59 Å². The highest BCUT2D eigenvalue weighted by molar-refractivity contribution is 5.79. The van der Waals surface area contributed by atoms with Gasteiger partial charge in [-0.25, -0.2) is 4.79 Å². The molecule has 0 aromatic heterocycles. The largest absolute Gasteiger partial charge is 0.481 e. The number of hydrogen-bond donors (Lipinski definition) is 3. The summed E-state index contributed by atoms with van der Waals surface area (Å²) in [6.07, 6.45) is 1.09. The standard InChI is InChI=1S/C27H32N2O6/c1-2-7-18(13-25(30)28-14-19-12-17(15-34-19)26(31)32)29-27(33)35-16-24-22-10-5-3-8-20(22)21-9-4-6-11-23(21)24/h3-6,8-11,17-19,24H,2,7,12-16H2,1H3,(H,28,30)(H,29,33)(H,31,32)/t17?,18-,19?/m0/s1. The topological polar surface area (TPSA) is 114 Å². The lowest BCUT2D eigenvalue weighted by atomic mass is 9.98. The lowest BCUT2D eigenvalue weighted by Gasteiger charge is -2.20. The average molecular weight is 481 g/mol. The van der Waals surface area contributed by atoms with Gasteiger partial charge in [-0.1, -0.05) is 61.9 Å². The first-order chi connectivity index (χ1) is 17.0. The molecule has 0 bridgehead atoms. The fourth-order valence-corrected chi connectivity index (χ4v) is 4.92. The normalized spacial score (nSPS) is 19.5. The number of carbonyl (C=O) groups excluding carboxylic acids is 2. The van der Waals surface area contributed by atoms with Crippen molar-refractivity contribution in [3.8, 4) is 11.1 Å². The van der Waals surface area contributed by atoms with Crippen molar-refractivity contribution in [3.63, 3.8) is 0 Å². The fraction of sp³-hybridized carbons (Fsp3) is 0.444. The Hall–Kier alpha value is -3.39. The molecule has 1 aliphatic carbocycles. The third-order valence-electron chi connectivity index (χ3n) is 6.69. The molecule has 2 aromatic rings. The smallest absolute Gasteiger partial charge is 0.407 e. The highest BCUT2D eigenvalue weighted by atomic mass is 16.5. The first kappa shape index (κ1) is 24.7. The van der Waals surface area contributed by atoms with Gasteiger partial charge >= 0.3 is 12.1 Å². The van der Waals surface area contributed by atoms with E-state index < -0.39 is 18.0 Å². The lowest BCUT2D eigenvalue weighted by Crippen LogP contribution is -2.41. The number of benzene rings is 2. The molecule has 1 aliphatic heterocycles. The van der Waals surface area contributed by atoms with E-state index in [-0.39, 0.29) is 50.2 Å². The van der Waals surface area contributed by atoms with Crippen LogP contribution in [0, 0.1) is 5.92 Å². The van der Waals surface area contributed by atoms with Gasteiger partial charge in [0, 0.05) is 24.9 Å². The quantitative estimate of drug-likeness (QED) is 0.478.